The van der Waals surface area contributed by atoms with Crippen molar-refractivity contribution < 1.29 is 13.2 Å². The van der Waals surface area contributed by atoms with Crippen molar-refractivity contribution in [2.24, 2.45) is 0 Å². The maximum Gasteiger partial charge on any atom is 0.389 e. The number of aromatic nitrogens is 2. The van der Waals surface area contributed by atoms with Crippen molar-refractivity contribution in [2.45, 2.75) is 51.4 Å². The van der Waals surface area contributed by atoms with Crippen LogP contribution in [0.2, 0.25) is 0 Å². The van der Waals surface area contributed by atoms with Gasteiger partial charge < -0.3 is 9.88 Å². The summed E-state index contributed by atoms with van der Waals surface area (Å²) in [5, 5.41) is 3.33. The Morgan fingerprint density at radius 2 is 1.87 bits per heavy atom. The number of para-hydroxylation sites is 1. The highest BCUT2D eigenvalue weighted by molar-refractivity contribution is 5.33. The van der Waals surface area contributed by atoms with Gasteiger partial charge in [0, 0.05) is 30.5 Å². The number of nitrogens with one attached hydrogen (secondary N) is 1. The molecule has 3 nitrogen and oxygen atoms in total. The van der Waals surface area contributed by atoms with Crippen LogP contribution < -0.4 is 5.32 Å². The molecule has 0 bridgehead atoms. The molecule has 0 spiro atoms. The van der Waals surface area contributed by atoms with Gasteiger partial charge in [0.2, 0.25) is 0 Å². The van der Waals surface area contributed by atoms with Gasteiger partial charge in [-0.2, -0.15) is 13.2 Å². The number of hydrogen-bond donors (Lipinski definition) is 1. The van der Waals surface area contributed by atoms with Gasteiger partial charge in [0.1, 0.15) is 5.82 Å². The first-order chi connectivity index (χ1) is 10.9. The Kier molecular flexibility index (Phi) is 5.82. The zero-order valence-corrected chi connectivity index (χ0v) is 13.3. The third kappa shape index (κ3) is 5.39. The zero-order chi connectivity index (χ0) is 16.9. The molecule has 2 atom stereocenters. The van der Waals surface area contributed by atoms with Gasteiger partial charge in [-0.05, 0) is 38.8 Å². The second-order valence-electron chi connectivity index (χ2n) is 5.79. The number of halogens is 3. The molecule has 1 N–H and O–H groups in total. The van der Waals surface area contributed by atoms with E-state index in [9.17, 15) is 13.2 Å². The fourth-order valence-electron chi connectivity index (χ4n) is 2.64. The van der Waals surface area contributed by atoms with Gasteiger partial charge in [-0.3, -0.25) is 0 Å². The van der Waals surface area contributed by atoms with Crippen LogP contribution in [-0.2, 0) is 0 Å². The standard InChI is InChI=1S/C17H22F3N3/c1-13(7-6-10-17(18,19)20)22-14(2)16-21-11-12-23(16)15-8-4-3-5-9-15/h3-5,8-9,11-14,22H,6-7,10H2,1-2H3. The first-order valence-electron chi connectivity index (χ1n) is 7.78. The van der Waals surface area contributed by atoms with Crippen LogP contribution in [0.25, 0.3) is 5.69 Å². The summed E-state index contributed by atoms with van der Waals surface area (Å²) in [7, 11) is 0. The van der Waals surface area contributed by atoms with Crippen LogP contribution in [-0.4, -0.2) is 21.8 Å². The maximum atomic E-state index is 12.2. The van der Waals surface area contributed by atoms with E-state index >= 15 is 0 Å². The lowest BCUT2D eigenvalue weighted by Gasteiger charge is -2.21. The van der Waals surface area contributed by atoms with E-state index in [4.69, 9.17) is 0 Å². The monoisotopic (exact) mass is 325 g/mol. The van der Waals surface area contributed by atoms with Crippen LogP contribution in [0.3, 0.4) is 0 Å². The second-order valence-corrected chi connectivity index (χ2v) is 5.79. The van der Waals surface area contributed by atoms with Gasteiger partial charge in [-0.1, -0.05) is 18.2 Å². The molecule has 0 radical (unpaired) electrons. The highest BCUT2D eigenvalue weighted by atomic mass is 19.4. The minimum absolute atomic E-state index is 0.00623. The molecule has 1 heterocycles. The van der Waals surface area contributed by atoms with Crippen LogP contribution in [0.1, 0.15) is 45.0 Å². The normalized spacial score (nSPS) is 14.7. The van der Waals surface area contributed by atoms with Gasteiger partial charge in [-0.15, -0.1) is 0 Å². The first-order valence-corrected chi connectivity index (χ1v) is 7.78. The number of rotatable bonds is 7. The summed E-state index contributed by atoms with van der Waals surface area (Å²) in [4.78, 5) is 4.39. The Morgan fingerprint density at radius 1 is 1.17 bits per heavy atom. The van der Waals surface area contributed by atoms with Gasteiger partial charge in [0.15, 0.2) is 0 Å². The Morgan fingerprint density at radius 3 is 2.52 bits per heavy atom. The molecule has 0 saturated heterocycles. The van der Waals surface area contributed by atoms with Crippen LogP contribution in [0, 0.1) is 0 Å². The van der Waals surface area contributed by atoms with Gasteiger partial charge in [0.25, 0.3) is 0 Å². The molecule has 2 unspecified atom stereocenters. The van der Waals surface area contributed by atoms with E-state index in [0.717, 1.165) is 11.5 Å². The third-order valence-corrected chi connectivity index (χ3v) is 3.72. The van der Waals surface area contributed by atoms with E-state index in [1.807, 2.05) is 54.9 Å². The maximum absolute atomic E-state index is 12.2. The Balaban J connectivity index is 1.94. The van der Waals surface area contributed by atoms with Crippen molar-refractivity contribution in [1.29, 1.82) is 0 Å². The van der Waals surface area contributed by atoms with Crippen molar-refractivity contribution >= 4 is 0 Å². The molecule has 6 heteroatoms. The number of hydrogen-bond acceptors (Lipinski definition) is 2. The highest BCUT2D eigenvalue weighted by Crippen LogP contribution is 2.23. The average Bonchev–Trinajstić information content (AvgIpc) is 2.96. The average molecular weight is 325 g/mol. The molecule has 0 amide bonds. The lowest BCUT2D eigenvalue weighted by molar-refractivity contribution is -0.135. The molecule has 1 aromatic heterocycles. The van der Waals surface area contributed by atoms with Crippen LogP contribution in [0.15, 0.2) is 42.7 Å². The fourth-order valence-corrected chi connectivity index (χ4v) is 2.64. The molecule has 2 aromatic rings. The quantitative estimate of drug-likeness (QED) is 0.803. The van der Waals surface area contributed by atoms with Gasteiger partial charge in [-0.25, -0.2) is 4.98 Å². The summed E-state index contributed by atoms with van der Waals surface area (Å²) < 4.78 is 38.6. The molecular formula is C17H22F3N3. The molecular weight excluding hydrogens is 303 g/mol. The lowest BCUT2D eigenvalue weighted by Crippen LogP contribution is -2.30. The van der Waals surface area contributed by atoms with Crippen LogP contribution in [0.5, 0.6) is 0 Å². The number of benzene rings is 1. The fraction of sp³-hybridized carbons (Fsp3) is 0.471. The van der Waals surface area contributed by atoms with Gasteiger partial charge >= 0.3 is 6.18 Å². The molecule has 0 fully saturated rings. The molecule has 0 aliphatic rings. The van der Waals surface area contributed by atoms with Crippen molar-refractivity contribution in [1.82, 2.24) is 14.9 Å². The zero-order valence-electron chi connectivity index (χ0n) is 13.3. The Labute approximate surface area is 134 Å². The SMILES string of the molecule is CC(CCCC(F)(F)F)NC(C)c1nccn1-c1ccccc1. The summed E-state index contributed by atoms with van der Waals surface area (Å²) in [6, 6.07) is 9.78. The second kappa shape index (κ2) is 7.64. The Hall–Kier alpha value is -1.82. The minimum atomic E-state index is -4.07. The molecule has 23 heavy (non-hydrogen) atoms. The molecule has 0 aliphatic carbocycles. The largest absolute Gasteiger partial charge is 0.389 e. The highest BCUT2D eigenvalue weighted by Gasteiger charge is 2.26. The van der Waals surface area contributed by atoms with Crippen molar-refractivity contribution in [2.75, 3.05) is 0 Å². The number of nitrogens with zero attached hydrogens (tertiary/aromatic N) is 2. The molecule has 1 aromatic carbocycles. The van der Waals surface area contributed by atoms with E-state index in [0.29, 0.717) is 6.42 Å². The van der Waals surface area contributed by atoms with E-state index < -0.39 is 12.6 Å². The van der Waals surface area contributed by atoms with Crippen LogP contribution in [0.4, 0.5) is 13.2 Å². The summed E-state index contributed by atoms with van der Waals surface area (Å²) in [5.41, 5.74) is 1.01. The number of imidazole rings is 1. The van der Waals surface area contributed by atoms with Crippen molar-refractivity contribution in [3.05, 3.63) is 48.5 Å². The molecule has 126 valence electrons. The van der Waals surface area contributed by atoms with E-state index in [-0.39, 0.29) is 18.5 Å². The van der Waals surface area contributed by atoms with Crippen molar-refractivity contribution in [3.63, 3.8) is 0 Å². The summed E-state index contributed by atoms with van der Waals surface area (Å²) in [6.45, 7) is 3.88. The van der Waals surface area contributed by atoms with Crippen molar-refractivity contribution in [3.8, 4) is 5.69 Å². The first kappa shape index (κ1) is 17.5. The summed E-state index contributed by atoms with van der Waals surface area (Å²) >= 11 is 0. The van der Waals surface area contributed by atoms with E-state index in [1.54, 1.807) is 6.20 Å². The Bertz CT molecular complexity index is 593. The number of alkyl halides is 3. The third-order valence-electron chi connectivity index (χ3n) is 3.72. The van der Waals surface area contributed by atoms with E-state index in [1.165, 1.54) is 0 Å². The predicted molar refractivity (Wildman–Crippen MR) is 84.5 cm³/mol. The van der Waals surface area contributed by atoms with Crippen LogP contribution >= 0.6 is 0 Å². The molecule has 2 rings (SSSR count). The summed E-state index contributed by atoms with van der Waals surface area (Å²) in [5.74, 6) is 0.846. The minimum Gasteiger partial charge on any atom is -0.305 e. The smallest absolute Gasteiger partial charge is 0.305 e. The topological polar surface area (TPSA) is 29.9 Å². The van der Waals surface area contributed by atoms with E-state index in [2.05, 4.69) is 10.3 Å². The molecule has 0 aliphatic heterocycles. The lowest BCUT2D eigenvalue weighted by atomic mass is 10.1. The molecule has 0 saturated carbocycles. The van der Waals surface area contributed by atoms with Gasteiger partial charge in [0.05, 0.1) is 6.04 Å². The summed E-state index contributed by atoms with van der Waals surface area (Å²) in [6.07, 6.45) is -0.569. The predicted octanol–water partition coefficient (Wildman–Crippen LogP) is 4.64.